The first-order valence-corrected chi connectivity index (χ1v) is 28.2. The van der Waals surface area contributed by atoms with Crippen molar-refractivity contribution in [1.82, 2.24) is 4.57 Å². The number of anilines is 2. The second-order valence-corrected chi connectivity index (χ2v) is 26.1. The van der Waals surface area contributed by atoms with Crippen LogP contribution in [0.2, 0.25) is 0 Å². The molecule has 0 amide bonds. The fraction of sp³-hybridized carbons (Fsp3) is 0.206. The van der Waals surface area contributed by atoms with Crippen LogP contribution < -0.4 is 16.2 Å². The van der Waals surface area contributed by atoms with Gasteiger partial charge in [0.05, 0.1) is 11.2 Å². The summed E-state index contributed by atoms with van der Waals surface area (Å²) in [7, 11) is 0.808. The number of rotatable bonds is 5. The third-order valence-electron chi connectivity index (χ3n) is 17.4. The molecule has 0 spiro atoms. The summed E-state index contributed by atoms with van der Waals surface area (Å²) in [6, 6.07) is 64.5. The number of thioether (sulfide) groups is 1. The van der Waals surface area contributed by atoms with Crippen molar-refractivity contribution in [3.05, 3.63) is 203 Å². The highest BCUT2D eigenvalue weighted by Crippen LogP contribution is 2.58. The molecular formula is C68H57BN2OS2. The average molecular weight is 993 g/mol. The fourth-order valence-electron chi connectivity index (χ4n) is 13.4. The van der Waals surface area contributed by atoms with Crippen LogP contribution in [0.25, 0.3) is 80.7 Å². The van der Waals surface area contributed by atoms with E-state index in [2.05, 4.69) is 240 Å². The highest BCUT2D eigenvalue weighted by molar-refractivity contribution is 8.00. The van der Waals surface area contributed by atoms with Gasteiger partial charge >= 0.3 is 0 Å². The minimum Gasteiger partial charge on any atom is -0.456 e. The lowest BCUT2D eigenvalue weighted by atomic mass is 9.58. The lowest BCUT2D eigenvalue weighted by Crippen LogP contribution is -2.37. The van der Waals surface area contributed by atoms with Gasteiger partial charge < -0.3 is 14.3 Å². The maximum absolute atomic E-state index is 6.73. The molecule has 1 N–H and O–H groups in total. The Labute approximate surface area is 441 Å². The summed E-state index contributed by atoms with van der Waals surface area (Å²) in [6.07, 6.45) is 2.33. The second kappa shape index (κ2) is 15.8. The summed E-state index contributed by atoms with van der Waals surface area (Å²) < 4.78 is 12.1. The largest absolute Gasteiger partial charge is 0.456 e. The van der Waals surface area contributed by atoms with Gasteiger partial charge in [0.2, 0.25) is 0 Å². The molecule has 2 aliphatic heterocycles. The molecular weight excluding hydrogens is 936 g/mol. The Kier molecular flexibility index (Phi) is 9.48. The number of hydrogen-bond acceptors (Lipinski definition) is 4. The van der Waals surface area contributed by atoms with Crippen molar-refractivity contribution in [2.24, 2.45) is 0 Å². The lowest BCUT2D eigenvalue weighted by Gasteiger charge is -2.42. The summed E-state index contributed by atoms with van der Waals surface area (Å²) >= 11 is 4.01. The van der Waals surface area contributed by atoms with Gasteiger partial charge in [-0.2, -0.15) is 0 Å². The summed E-state index contributed by atoms with van der Waals surface area (Å²) in [5.74, 6) is 0.205. The first kappa shape index (κ1) is 44.5. The van der Waals surface area contributed by atoms with E-state index in [-0.39, 0.29) is 27.4 Å². The SMILES string of the molecule is CC(C)(C)c1ccc(Nc2cc3oc4ccccc4c3cc2-c2c3c4c(c5cc6c(cc5n4-c4cc5c(cc4B3)SC(c3ccccc3)C5c3ccccc3)C(C)(C)CCC6(C)C)c3c2sc2ccccc23)cc1. The zero-order chi connectivity index (χ0) is 50.0. The van der Waals surface area contributed by atoms with Crippen LogP contribution in [0.4, 0.5) is 11.4 Å². The van der Waals surface area contributed by atoms with Crippen LogP contribution >= 0.6 is 23.1 Å². The van der Waals surface area contributed by atoms with E-state index in [4.69, 9.17) is 4.42 Å². The summed E-state index contributed by atoms with van der Waals surface area (Å²) in [5, 5.41) is 12.0. The number of furan rings is 1. The fourth-order valence-corrected chi connectivity index (χ4v) is 16.2. The molecule has 360 valence electrons. The van der Waals surface area contributed by atoms with Gasteiger partial charge in [0.15, 0.2) is 7.28 Å². The van der Waals surface area contributed by atoms with E-state index in [0.29, 0.717) is 0 Å². The third kappa shape index (κ3) is 6.53. The number of para-hydroxylation sites is 1. The number of benzene rings is 9. The average Bonchev–Trinajstić information content (AvgIpc) is 4.34. The minimum atomic E-state index is 0.0377. The van der Waals surface area contributed by atoms with E-state index >= 15 is 0 Å². The molecule has 2 atom stereocenters. The van der Waals surface area contributed by atoms with Gasteiger partial charge in [-0.3, -0.25) is 0 Å². The molecule has 74 heavy (non-hydrogen) atoms. The number of nitrogens with one attached hydrogen (secondary N) is 1. The van der Waals surface area contributed by atoms with Gasteiger partial charge in [-0.25, -0.2) is 0 Å². The molecule has 15 rings (SSSR count). The van der Waals surface area contributed by atoms with Gasteiger partial charge in [-0.1, -0.05) is 169 Å². The molecule has 0 fully saturated rings. The van der Waals surface area contributed by atoms with Gasteiger partial charge in [-0.05, 0) is 122 Å². The highest BCUT2D eigenvalue weighted by Gasteiger charge is 2.41. The van der Waals surface area contributed by atoms with Crippen LogP contribution in [0.15, 0.2) is 179 Å². The number of hydrogen-bond donors (Lipinski definition) is 1. The van der Waals surface area contributed by atoms with Crippen molar-refractivity contribution < 1.29 is 4.42 Å². The monoisotopic (exact) mass is 992 g/mol. The van der Waals surface area contributed by atoms with E-state index in [1.807, 2.05) is 11.3 Å². The van der Waals surface area contributed by atoms with Crippen molar-refractivity contribution in [3.8, 4) is 16.8 Å². The predicted molar refractivity (Wildman–Crippen MR) is 320 cm³/mol. The second-order valence-electron chi connectivity index (χ2n) is 23.9. The van der Waals surface area contributed by atoms with Gasteiger partial charge in [-0.15, -0.1) is 23.1 Å². The number of fused-ring (bicyclic) bond motifs is 14. The van der Waals surface area contributed by atoms with Crippen molar-refractivity contribution in [3.63, 3.8) is 0 Å². The van der Waals surface area contributed by atoms with Crippen LogP contribution in [0.5, 0.6) is 0 Å². The van der Waals surface area contributed by atoms with E-state index < -0.39 is 0 Å². The van der Waals surface area contributed by atoms with Crippen molar-refractivity contribution in [2.45, 2.75) is 93.6 Å². The number of thiophene rings is 1. The quantitative estimate of drug-likeness (QED) is 0.174. The van der Waals surface area contributed by atoms with Gasteiger partial charge in [0.1, 0.15) is 11.2 Å². The molecule has 0 saturated carbocycles. The lowest BCUT2D eigenvalue weighted by molar-refractivity contribution is 0.332. The smallest absolute Gasteiger partial charge is 0.198 e. The molecule has 6 heteroatoms. The molecule has 3 aliphatic rings. The van der Waals surface area contributed by atoms with Gasteiger partial charge in [0.25, 0.3) is 0 Å². The molecule has 0 saturated heterocycles. The maximum atomic E-state index is 6.73. The highest BCUT2D eigenvalue weighted by atomic mass is 32.2. The van der Waals surface area contributed by atoms with Crippen LogP contribution in [0, 0.1) is 0 Å². The molecule has 0 bridgehead atoms. The number of nitrogens with zero attached hydrogens (tertiary/aromatic N) is 1. The molecule has 12 aromatic rings. The summed E-state index contributed by atoms with van der Waals surface area (Å²) in [6.45, 7) is 16.8. The molecule has 5 heterocycles. The van der Waals surface area contributed by atoms with Crippen LogP contribution in [-0.2, 0) is 16.2 Å². The van der Waals surface area contributed by atoms with Crippen LogP contribution in [-0.4, -0.2) is 11.8 Å². The van der Waals surface area contributed by atoms with Gasteiger partial charge in [0, 0.05) is 86.3 Å². The van der Waals surface area contributed by atoms with Crippen molar-refractivity contribution in [2.75, 3.05) is 5.32 Å². The Balaban J connectivity index is 1.09. The van der Waals surface area contributed by atoms with E-state index in [0.717, 1.165) is 47.0 Å². The zero-order valence-electron chi connectivity index (χ0n) is 43.1. The topological polar surface area (TPSA) is 30.1 Å². The van der Waals surface area contributed by atoms with Crippen LogP contribution in [0.1, 0.15) is 106 Å². The summed E-state index contributed by atoms with van der Waals surface area (Å²) in [5.41, 5.74) is 21.7. The molecule has 0 radical (unpaired) electrons. The Morgan fingerprint density at radius 1 is 0.635 bits per heavy atom. The van der Waals surface area contributed by atoms with Crippen molar-refractivity contribution in [1.29, 1.82) is 0 Å². The standard InChI is InChI=1S/C68H57BN2OS2/c1-66(2,3)40-26-28-41(29-27-40)70-51-37-55-44(42-22-14-16-24-54(42)72-55)32-45(51)61-62-63-59(60-43-23-15-17-25-56(43)73-65(60)61)46-33-48-49(68(6,7)31-30-67(48,4)5)35-52(46)71(63)53-34-47-57(36-50(53)69-62)74-64(39-20-12-9-13-21-39)58(47)38-18-10-8-11-19-38/h8-29,32-37,58,64,69-70H,30-31H2,1-7H3. The van der Waals surface area contributed by atoms with E-state index in [1.54, 1.807) is 0 Å². The first-order chi connectivity index (χ1) is 35.8. The Bertz CT molecular complexity index is 4320. The first-order valence-electron chi connectivity index (χ1n) is 26.6. The molecule has 1 aliphatic carbocycles. The van der Waals surface area contributed by atoms with E-state index in [1.165, 1.54) is 114 Å². The predicted octanol–water partition coefficient (Wildman–Crippen LogP) is 17.8. The van der Waals surface area contributed by atoms with Crippen molar-refractivity contribution >= 4 is 117 Å². The normalized spacial score (nSPS) is 17.6. The Morgan fingerprint density at radius 3 is 2.05 bits per heavy atom. The van der Waals surface area contributed by atoms with E-state index in [9.17, 15) is 0 Å². The molecule has 9 aromatic carbocycles. The minimum absolute atomic E-state index is 0.0377. The maximum Gasteiger partial charge on any atom is 0.198 e. The Hall–Kier alpha value is -6.99. The number of aromatic nitrogens is 1. The molecule has 3 nitrogen and oxygen atoms in total. The summed E-state index contributed by atoms with van der Waals surface area (Å²) in [4.78, 5) is 1.39. The van der Waals surface area contributed by atoms with Crippen LogP contribution in [0.3, 0.4) is 0 Å². The molecule has 2 unspecified atom stereocenters. The molecule has 3 aromatic heterocycles. The zero-order valence-corrected chi connectivity index (χ0v) is 44.7. The third-order valence-corrected chi connectivity index (χ3v) is 20.0. The Morgan fingerprint density at radius 2 is 1.31 bits per heavy atom.